The molecule has 2 rings (SSSR count). The summed E-state index contributed by atoms with van der Waals surface area (Å²) in [6.45, 7) is 12.7. The predicted octanol–water partition coefficient (Wildman–Crippen LogP) is 2.96. The number of rotatable bonds is 10. The van der Waals surface area contributed by atoms with Gasteiger partial charge in [-0.25, -0.2) is 0 Å². The van der Waals surface area contributed by atoms with Crippen LogP contribution in [-0.2, 0) is 0 Å². The van der Waals surface area contributed by atoms with E-state index >= 15 is 0 Å². The fourth-order valence-electron chi connectivity index (χ4n) is 3.84. The average molecular weight is 296 g/mol. The van der Waals surface area contributed by atoms with Gasteiger partial charge in [-0.05, 0) is 90.3 Å². The molecule has 0 unspecified atom stereocenters. The van der Waals surface area contributed by atoms with Crippen LogP contribution in [0.3, 0.4) is 0 Å². The summed E-state index contributed by atoms with van der Waals surface area (Å²) in [6, 6.07) is 0. The molecule has 0 aromatic rings. The highest BCUT2D eigenvalue weighted by Crippen LogP contribution is 2.20. The Kier molecular flexibility index (Phi) is 8.68. The van der Waals surface area contributed by atoms with Gasteiger partial charge in [-0.2, -0.15) is 0 Å². The van der Waals surface area contributed by atoms with E-state index in [0.717, 1.165) is 12.5 Å². The van der Waals surface area contributed by atoms with Crippen LogP contribution in [-0.4, -0.2) is 62.2 Å². The van der Waals surface area contributed by atoms with Crippen molar-refractivity contribution in [3.63, 3.8) is 0 Å². The number of hydrogen-bond acceptors (Lipinski definition) is 3. The predicted molar refractivity (Wildman–Crippen MR) is 91.8 cm³/mol. The molecule has 0 bridgehead atoms. The summed E-state index contributed by atoms with van der Waals surface area (Å²) >= 11 is 0. The highest BCUT2D eigenvalue weighted by atomic mass is 15.2. The van der Waals surface area contributed by atoms with Crippen LogP contribution >= 0.6 is 0 Å². The van der Waals surface area contributed by atoms with E-state index in [-0.39, 0.29) is 0 Å². The van der Waals surface area contributed by atoms with Crippen LogP contribution in [0.15, 0.2) is 0 Å². The van der Waals surface area contributed by atoms with Crippen molar-refractivity contribution in [3.8, 4) is 0 Å². The van der Waals surface area contributed by atoms with Crippen LogP contribution in [0.2, 0.25) is 0 Å². The van der Waals surface area contributed by atoms with Crippen LogP contribution < -0.4 is 5.32 Å². The van der Waals surface area contributed by atoms with Crippen molar-refractivity contribution in [2.45, 2.75) is 58.3 Å². The fraction of sp³-hybridized carbons (Fsp3) is 1.00. The molecule has 2 fully saturated rings. The van der Waals surface area contributed by atoms with Crippen LogP contribution in [0.4, 0.5) is 0 Å². The van der Waals surface area contributed by atoms with Gasteiger partial charge in [-0.15, -0.1) is 0 Å². The summed E-state index contributed by atoms with van der Waals surface area (Å²) in [5, 5.41) is 3.41. The van der Waals surface area contributed by atoms with Crippen molar-refractivity contribution >= 4 is 0 Å². The van der Waals surface area contributed by atoms with Gasteiger partial charge in [0.2, 0.25) is 0 Å². The molecule has 0 aliphatic carbocycles. The van der Waals surface area contributed by atoms with Crippen LogP contribution in [0.25, 0.3) is 0 Å². The van der Waals surface area contributed by atoms with E-state index < -0.39 is 0 Å². The number of unbranched alkanes of at least 4 members (excludes halogenated alkanes) is 3. The van der Waals surface area contributed by atoms with Crippen molar-refractivity contribution in [2.24, 2.45) is 5.92 Å². The second-order valence-corrected chi connectivity index (χ2v) is 7.06. The van der Waals surface area contributed by atoms with Crippen LogP contribution in [0, 0.1) is 5.92 Å². The minimum atomic E-state index is 0.986. The van der Waals surface area contributed by atoms with E-state index in [1.165, 1.54) is 97.2 Å². The van der Waals surface area contributed by atoms with Gasteiger partial charge in [0.05, 0.1) is 0 Å². The smallest absolute Gasteiger partial charge is 0.00106 e. The van der Waals surface area contributed by atoms with Gasteiger partial charge in [0.15, 0.2) is 0 Å². The minimum Gasteiger partial charge on any atom is -0.317 e. The van der Waals surface area contributed by atoms with Crippen LogP contribution in [0.5, 0.6) is 0 Å². The first kappa shape index (κ1) is 17.2. The quantitative estimate of drug-likeness (QED) is 0.625. The summed E-state index contributed by atoms with van der Waals surface area (Å²) in [4.78, 5) is 5.41. The summed E-state index contributed by atoms with van der Waals surface area (Å²) in [5.41, 5.74) is 0. The molecule has 1 N–H and O–H groups in total. The molecule has 3 nitrogen and oxygen atoms in total. The Labute approximate surface area is 132 Å². The van der Waals surface area contributed by atoms with Gasteiger partial charge < -0.3 is 15.1 Å². The summed E-state index contributed by atoms with van der Waals surface area (Å²) < 4.78 is 0. The highest BCUT2D eigenvalue weighted by molar-refractivity contribution is 4.77. The molecule has 3 heteroatoms. The first-order valence-corrected chi connectivity index (χ1v) is 9.54. The molecule has 124 valence electrons. The summed E-state index contributed by atoms with van der Waals surface area (Å²) in [5.74, 6) is 0.986. The Morgan fingerprint density at radius 2 is 1.57 bits per heavy atom. The van der Waals surface area contributed by atoms with Crippen molar-refractivity contribution < 1.29 is 0 Å². The molecule has 2 heterocycles. The van der Waals surface area contributed by atoms with Gasteiger partial charge in [0, 0.05) is 6.54 Å². The zero-order valence-electron chi connectivity index (χ0n) is 14.3. The lowest BCUT2D eigenvalue weighted by Crippen LogP contribution is -2.38. The first-order valence-electron chi connectivity index (χ1n) is 9.54. The van der Waals surface area contributed by atoms with Gasteiger partial charge in [-0.3, -0.25) is 0 Å². The van der Waals surface area contributed by atoms with E-state index in [1.807, 2.05) is 0 Å². The lowest BCUT2D eigenvalue weighted by molar-refractivity contribution is 0.152. The molecule has 0 spiro atoms. The topological polar surface area (TPSA) is 18.5 Å². The van der Waals surface area contributed by atoms with E-state index in [0.29, 0.717) is 0 Å². The second-order valence-electron chi connectivity index (χ2n) is 7.06. The molecule has 0 aromatic carbocycles. The largest absolute Gasteiger partial charge is 0.317 e. The third-order valence-electron chi connectivity index (χ3n) is 5.25. The highest BCUT2D eigenvalue weighted by Gasteiger charge is 2.22. The van der Waals surface area contributed by atoms with Crippen molar-refractivity contribution in [1.82, 2.24) is 15.1 Å². The standard InChI is InChI=1S/C18H37N3/c1-2-19-11-5-3-4-6-12-20-15-9-18(10-16-20)17-21-13-7-8-14-21/h18-19H,2-17H2,1H3. The van der Waals surface area contributed by atoms with E-state index in [4.69, 9.17) is 0 Å². The number of hydrogen-bond donors (Lipinski definition) is 1. The Bertz CT molecular complexity index is 243. The van der Waals surface area contributed by atoms with E-state index in [1.54, 1.807) is 0 Å². The summed E-state index contributed by atoms with van der Waals surface area (Å²) in [6.07, 6.45) is 11.3. The monoisotopic (exact) mass is 295 g/mol. The molecular formula is C18H37N3. The maximum absolute atomic E-state index is 3.41. The zero-order chi connectivity index (χ0) is 14.8. The van der Waals surface area contributed by atoms with Gasteiger partial charge in [-0.1, -0.05) is 19.8 Å². The normalized spacial score (nSPS) is 22.1. The number of nitrogens with one attached hydrogen (secondary N) is 1. The SMILES string of the molecule is CCNCCCCCCN1CCC(CN2CCCC2)CC1. The van der Waals surface area contributed by atoms with Gasteiger partial charge in [0.1, 0.15) is 0 Å². The molecule has 2 aliphatic heterocycles. The molecule has 0 radical (unpaired) electrons. The Hall–Kier alpha value is -0.120. The fourth-order valence-corrected chi connectivity index (χ4v) is 3.84. The number of likely N-dealkylation sites (tertiary alicyclic amines) is 2. The molecular weight excluding hydrogens is 258 g/mol. The summed E-state index contributed by atoms with van der Waals surface area (Å²) in [7, 11) is 0. The maximum Gasteiger partial charge on any atom is 0.00106 e. The molecule has 0 atom stereocenters. The number of nitrogens with zero attached hydrogens (tertiary/aromatic N) is 2. The Morgan fingerprint density at radius 3 is 2.29 bits per heavy atom. The third-order valence-corrected chi connectivity index (χ3v) is 5.25. The van der Waals surface area contributed by atoms with Crippen molar-refractivity contribution in [3.05, 3.63) is 0 Å². The zero-order valence-corrected chi connectivity index (χ0v) is 14.3. The lowest BCUT2D eigenvalue weighted by Gasteiger charge is -2.33. The lowest BCUT2D eigenvalue weighted by atomic mass is 9.96. The van der Waals surface area contributed by atoms with Crippen molar-refractivity contribution in [1.29, 1.82) is 0 Å². The van der Waals surface area contributed by atoms with Crippen molar-refractivity contribution in [2.75, 3.05) is 52.4 Å². The van der Waals surface area contributed by atoms with Gasteiger partial charge >= 0.3 is 0 Å². The van der Waals surface area contributed by atoms with Gasteiger partial charge in [0.25, 0.3) is 0 Å². The minimum absolute atomic E-state index is 0.986. The molecule has 21 heavy (non-hydrogen) atoms. The van der Waals surface area contributed by atoms with E-state index in [2.05, 4.69) is 22.0 Å². The second kappa shape index (κ2) is 10.6. The van der Waals surface area contributed by atoms with Crippen LogP contribution in [0.1, 0.15) is 58.3 Å². The third kappa shape index (κ3) is 7.12. The number of piperidine rings is 1. The molecule has 0 aromatic heterocycles. The first-order chi connectivity index (χ1) is 10.4. The van der Waals surface area contributed by atoms with E-state index in [9.17, 15) is 0 Å². The molecule has 2 aliphatic rings. The molecule has 2 saturated heterocycles. The Balaban J connectivity index is 1.43. The molecule has 0 amide bonds. The average Bonchev–Trinajstić information content (AvgIpc) is 3.01. The maximum atomic E-state index is 3.41. The molecule has 0 saturated carbocycles. The Morgan fingerprint density at radius 1 is 0.857 bits per heavy atom.